The van der Waals surface area contributed by atoms with Crippen molar-refractivity contribution in [3.63, 3.8) is 0 Å². The Hall–Kier alpha value is -0.120. The number of hydrogen-bond acceptors (Lipinski definition) is 2. The predicted octanol–water partition coefficient (Wildman–Crippen LogP) is 5.37. The summed E-state index contributed by atoms with van der Waals surface area (Å²) in [6, 6.07) is 0.00414. The second-order valence-corrected chi connectivity index (χ2v) is 7.42. The van der Waals surface area contributed by atoms with E-state index in [4.69, 9.17) is 5.73 Å². The van der Waals surface area contributed by atoms with Crippen LogP contribution in [-0.2, 0) is 0 Å². The summed E-state index contributed by atoms with van der Waals surface area (Å²) in [5, 5.41) is 12.1. The largest absolute Gasteiger partial charge is 0.633 e. The van der Waals surface area contributed by atoms with Crippen LogP contribution in [0.25, 0.3) is 0 Å². The number of likely N-dealkylation sites (N-methyl/N-ethyl adjacent to an activating group) is 1. The van der Waals surface area contributed by atoms with Gasteiger partial charge in [-0.2, -0.15) is 0 Å². The minimum absolute atomic E-state index is 0.00414. The molecule has 0 aromatic rings. The summed E-state index contributed by atoms with van der Waals surface area (Å²) in [7, 11) is 1.75. The minimum Gasteiger partial charge on any atom is -0.633 e. The van der Waals surface area contributed by atoms with E-state index in [2.05, 4.69) is 6.92 Å². The van der Waals surface area contributed by atoms with Gasteiger partial charge < -0.3 is 15.6 Å². The van der Waals surface area contributed by atoms with E-state index >= 15 is 0 Å². The van der Waals surface area contributed by atoms with Crippen LogP contribution in [-0.4, -0.2) is 30.8 Å². The minimum atomic E-state index is -0.171. The van der Waals surface area contributed by atoms with Crippen molar-refractivity contribution in [2.24, 2.45) is 5.73 Å². The van der Waals surface area contributed by atoms with Crippen LogP contribution < -0.4 is 5.73 Å². The predicted molar refractivity (Wildman–Crippen MR) is 98.6 cm³/mol. The van der Waals surface area contributed by atoms with E-state index in [-0.39, 0.29) is 10.7 Å². The van der Waals surface area contributed by atoms with E-state index in [9.17, 15) is 5.21 Å². The summed E-state index contributed by atoms with van der Waals surface area (Å²) in [6.45, 7) is 5.45. The molecular weight excluding hydrogens is 272 g/mol. The molecule has 0 radical (unpaired) electrons. The van der Waals surface area contributed by atoms with Crippen molar-refractivity contribution < 1.29 is 4.65 Å². The molecule has 0 bridgehead atoms. The Morgan fingerprint density at radius 2 is 1.14 bits per heavy atom. The SMILES string of the molecule is CCCCCCCCCCCCCCC[N+](C)([O-])CC(C)N. The molecule has 0 rings (SSSR count). The molecule has 0 aromatic carbocycles. The van der Waals surface area contributed by atoms with Gasteiger partial charge in [-0.3, -0.25) is 0 Å². The van der Waals surface area contributed by atoms with E-state index < -0.39 is 0 Å². The standard InChI is InChI=1S/C19H42N2O/c1-4-5-6-7-8-9-10-11-12-13-14-15-16-17-21(3,22)18-19(2)20/h19H,4-18,20H2,1-3H3. The number of hydroxylamine groups is 3. The van der Waals surface area contributed by atoms with E-state index in [0.717, 1.165) is 13.0 Å². The molecule has 0 aromatic heterocycles. The summed E-state index contributed by atoms with van der Waals surface area (Å²) in [6.07, 6.45) is 17.5. The Bertz CT molecular complexity index is 229. The highest BCUT2D eigenvalue weighted by atomic mass is 16.5. The van der Waals surface area contributed by atoms with Crippen molar-refractivity contribution in [1.82, 2.24) is 0 Å². The lowest BCUT2D eigenvalue weighted by Gasteiger charge is -2.40. The number of nitrogens with two attached hydrogens (primary N) is 1. The second-order valence-electron chi connectivity index (χ2n) is 7.42. The van der Waals surface area contributed by atoms with Crippen LogP contribution >= 0.6 is 0 Å². The average Bonchev–Trinajstić information content (AvgIpc) is 2.42. The maximum absolute atomic E-state index is 12.1. The van der Waals surface area contributed by atoms with Gasteiger partial charge in [0.1, 0.15) is 0 Å². The smallest absolute Gasteiger partial charge is 0.0932 e. The van der Waals surface area contributed by atoms with Crippen LogP contribution in [0.3, 0.4) is 0 Å². The first-order valence-electron chi connectivity index (χ1n) is 9.79. The van der Waals surface area contributed by atoms with E-state index in [1.54, 1.807) is 7.05 Å². The highest BCUT2D eigenvalue weighted by molar-refractivity contribution is 4.53. The molecular formula is C19H42N2O. The van der Waals surface area contributed by atoms with E-state index in [1.165, 1.54) is 77.0 Å². The number of unbranched alkanes of at least 4 members (excludes halogenated alkanes) is 12. The van der Waals surface area contributed by atoms with Gasteiger partial charge in [-0.05, 0) is 19.8 Å². The Kier molecular flexibility index (Phi) is 14.4. The van der Waals surface area contributed by atoms with Crippen molar-refractivity contribution in [2.75, 3.05) is 20.1 Å². The lowest BCUT2D eigenvalue weighted by Crippen LogP contribution is -2.46. The van der Waals surface area contributed by atoms with Crippen LogP contribution in [0.1, 0.15) is 97.3 Å². The third-order valence-electron chi connectivity index (χ3n) is 4.41. The first kappa shape index (κ1) is 21.9. The molecule has 0 amide bonds. The van der Waals surface area contributed by atoms with Crippen LogP contribution in [0.4, 0.5) is 0 Å². The van der Waals surface area contributed by atoms with Crippen LogP contribution in [0.5, 0.6) is 0 Å². The number of quaternary nitrogens is 1. The fourth-order valence-electron chi connectivity index (χ4n) is 3.16. The van der Waals surface area contributed by atoms with Crippen molar-refractivity contribution in [1.29, 1.82) is 0 Å². The first-order chi connectivity index (χ1) is 10.5. The normalized spacial score (nSPS) is 15.7. The van der Waals surface area contributed by atoms with Crippen molar-refractivity contribution in [3.05, 3.63) is 5.21 Å². The summed E-state index contributed by atoms with van der Waals surface area (Å²) >= 11 is 0. The maximum atomic E-state index is 12.1. The molecule has 2 unspecified atom stereocenters. The van der Waals surface area contributed by atoms with Gasteiger partial charge in [-0.25, -0.2) is 0 Å². The molecule has 0 aliphatic heterocycles. The number of nitrogens with zero attached hydrogens (tertiary/aromatic N) is 1. The molecule has 0 spiro atoms. The van der Waals surface area contributed by atoms with Gasteiger partial charge in [0.05, 0.1) is 26.2 Å². The van der Waals surface area contributed by atoms with Crippen molar-refractivity contribution in [2.45, 2.75) is 103 Å². The van der Waals surface area contributed by atoms with Gasteiger partial charge in [0.15, 0.2) is 0 Å². The third-order valence-corrected chi connectivity index (χ3v) is 4.41. The van der Waals surface area contributed by atoms with Crippen LogP contribution in [0, 0.1) is 5.21 Å². The summed E-state index contributed by atoms with van der Waals surface area (Å²) in [5.74, 6) is 0. The van der Waals surface area contributed by atoms with Gasteiger partial charge in [-0.15, -0.1) is 0 Å². The molecule has 0 fully saturated rings. The van der Waals surface area contributed by atoms with Gasteiger partial charge >= 0.3 is 0 Å². The third kappa shape index (κ3) is 16.3. The molecule has 2 N–H and O–H groups in total. The average molecular weight is 315 g/mol. The quantitative estimate of drug-likeness (QED) is 0.236. The fraction of sp³-hybridized carbons (Fsp3) is 1.00. The number of rotatable bonds is 16. The van der Waals surface area contributed by atoms with Gasteiger partial charge in [-0.1, -0.05) is 77.6 Å². The molecule has 22 heavy (non-hydrogen) atoms. The highest BCUT2D eigenvalue weighted by Crippen LogP contribution is 2.13. The lowest BCUT2D eigenvalue weighted by atomic mass is 10.0. The van der Waals surface area contributed by atoms with Crippen LogP contribution in [0.2, 0.25) is 0 Å². The zero-order chi connectivity index (χ0) is 16.7. The Morgan fingerprint density at radius 1 is 0.773 bits per heavy atom. The molecule has 0 saturated carbocycles. The summed E-state index contributed by atoms with van der Waals surface area (Å²) in [4.78, 5) is 0. The van der Waals surface area contributed by atoms with Crippen molar-refractivity contribution in [3.8, 4) is 0 Å². The zero-order valence-corrected chi connectivity index (χ0v) is 15.6. The maximum Gasteiger partial charge on any atom is 0.0932 e. The Labute approximate surface area is 139 Å². The Morgan fingerprint density at radius 3 is 1.50 bits per heavy atom. The van der Waals surface area contributed by atoms with Gasteiger partial charge in [0.2, 0.25) is 0 Å². The zero-order valence-electron chi connectivity index (χ0n) is 15.6. The van der Waals surface area contributed by atoms with Gasteiger partial charge in [0.25, 0.3) is 0 Å². The first-order valence-corrected chi connectivity index (χ1v) is 9.79. The molecule has 0 heterocycles. The molecule has 0 saturated heterocycles. The highest BCUT2D eigenvalue weighted by Gasteiger charge is 2.11. The van der Waals surface area contributed by atoms with Crippen molar-refractivity contribution >= 4 is 0 Å². The Balaban J connectivity index is 3.20. The van der Waals surface area contributed by atoms with E-state index in [0.29, 0.717) is 6.54 Å². The molecule has 0 aliphatic carbocycles. The molecule has 134 valence electrons. The molecule has 0 aliphatic rings. The molecule has 3 heteroatoms. The number of hydrogen-bond donors (Lipinski definition) is 1. The summed E-state index contributed by atoms with van der Waals surface area (Å²) < 4.78 is -0.171. The topological polar surface area (TPSA) is 49.1 Å². The van der Waals surface area contributed by atoms with Crippen LogP contribution in [0.15, 0.2) is 0 Å². The fourth-order valence-corrected chi connectivity index (χ4v) is 3.16. The summed E-state index contributed by atoms with van der Waals surface area (Å²) in [5.41, 5.74) is 5.71. The molecule has 3 nitrogen and oxygen atoms in total. The van der Waals surface area contributed by atoms with E-state index in [1.807, 2.05) is 6.92 Å². The monoisotopic (exact) mass is 314 g/mol. The lowest BCUT2D eigenvalue weighted by molar-refractivity contribution is -0.861. The van der Waals surface area contributed by atoms with Gasteiger partial charge in [0, 0.05) is 0 Å². The second kappa shape index (κ2) is 14.5. The molecule has 2 atom stereocenters.